The van der Waals surface area contributed by atoms with Crippen molar-refractivity contribution in [3.63, 3.8) is 0 Å². The zero-order valence-electron chi connectivity index (χ0n) is 20.0. The summed E-state index contributed by atoms with van der Waals surface area (Å²) in [7, 11) is 0. The summed E-state index contributed by atoms with van der Waals surface area (Å²) in [6, 6.07) is 11.5. The number of aryl methyl sites for hydroxylation is 1. The predicted octanol–water partition coefficient (Wildman–Crippen LogP) is 4.06. The van der Waals surface area contributed by atoms with Gasteiger partial charge in [-0.25, -0.2) is 4.68 Å². The standard InChI is InChI=1S/C26H30N4O5/c1-3-33-26(32)16-20-6-5-19-15-22(8-9-23(19)20)34-13-4-14-35-25-10-7-21(30-12-11-27-29-30)17-24(25)28-18(2)31/h7-12,15,17,20H,3-6,13-14,16H2,1-2H3,(H,28,31)/t20-/m0/s1. The van der Waals surface area contributed by atoms with Crippen LogP contribution in [0.4, 0.5) is 5.69 Å². The molecular formula is C26H30N4O5. The minimum absolute atomic E-state index is 0.139. The van der Waals surface area contributed by atoms with Crippen LogP contribution in [-0.4, -0.2) is 46.7 Å². The molecule has 3 aromatic rings. The van der Waals surface area contributed by atoms with E-state index in [0.717, 1.165) is 24.3 Å². The van der Waals surface area contributed by atoms with Gasteiger partial charge in [0.25, 0.3) is 0 Å². The zero-order chi connectivity index (χ0) is 24.6. The van der Waals surface area contributed by atoms with E-state index < -0.39 is 0 Å². The summed E-state index contributed by atoms with van der Waals surface area (Å²) < 4.78 is 18.5. The molecule has 1 N–H and O–H groups in total. The lowest BCUT2D eigenvalue weighted by molar-refractivity contribution is -0.143. The Labute approximate surface area is 204 Å². The average Bonchev–Trinajstić information content (AvgIpc) is 3.50. The molecule has 1 heterocycles. The number of hydrogen-bond donors (Lipinski definition) is 1. The van der Waals surface area contributed by atoms with Crippen molar-refractivity contribution < 1.29 is 23.8 Å². The van der Waals surface area contributed by atoms with Gasteiger partial charge in [0.2, 0.25) is 5.91 Å². The van der Waals surface area contributed by atoms with Gasteiger partial charge in [0.1, 0.15) is 11.5 Å². The van der Waals surface area contributed by atoms with Gasteiger partial charge in [0.15, 0.2) is 0 Å². The first-order chi connectivity index (χ1) is 17.0. The maximum atomic E-state index is 11.8. The van der Waals surface area contributed by atoms with Crippen LogP contribution in [0.15, 0.2) is 48.8 Å². The lowest BCUT2D eigenvalue weighted by Gasteiger charge is -2.14. The second-order valence-corrected chi connectivity index (χ2v) is 8.37. The Morgan fingerprint density at radius 1 is 1.14 bits per heavy atom. The molecule has 0 fully saturated rings. The van der Waals surface area contributed by atoms with E-state index in [0.29, 0.717) is 44.1 Å². The number of ether oxygens (including phenoxy) is 3. The van der Waals surface area contributed by atoms with Crippen LogP contribution in [-0.2, 0) is 20.7 Å². The summed E-state index contributed by atoms with van der Waals surface area (Å²) in [4.78, 5) is 23.5. The highest BCUT2D eigenvalue weighted by Gasteiger charge is 2.25. The third-order valence-corrected chi connectivity index (χ3v) is 5.81. The number of fused-ring (bicyclic) bond motifs is 1. The Bertz CT molecular complexity index is 1160. The van der Waals surface area contributed by atoms with Crippen molar-refractivity contribution in [3.05, 3.63) is 59.9 Å². The largest absolute Gasteiger partial charge is 0.493 e. The number of aromatic nitrogens is 3. The van der Waals surface area contributed by atoms with Crippen molar-refractivity contribution in [2.24, 2.45) is 0 Å². The lowest BCUT2D eigenvalue weighted by Crippen LogP contribution is -2.10. The summed E-state index contributed by atoms with van der Waals surface area (Å²) in [6.45, 7) is 4.63. The van der Waals surface area contributed by atoms with Gasteiger partial charge in [0, 0.05) is 13.3 Å². The van der Waals surface area contributed by atoms with Crippen molar-refractivity contribution in [2.45, 2.75) is 45.4 Å². The number of hydrogen-bond acceptors (Lipinski definition) is 7. The molecule has 184 valence electrons. The van der Waals surface area contributed by atoms with Gasteiger partial charge in [-0.05, 0) is 67.1 Å². The number of rotatable bonds is 11. The Balaban J connectivity index is 1.27. The van der Waals surface area contributed by atoms with Crippen molar-refractivity contribution in [1.29, 1.82) is 0 Å². The molecule has 1 aromatic heterocycles. The molecule has 1 amide bonds. The van der Waals surface area contributed by atoms with Gasteiger partial charge in [0.05, 0.1) is 50.0 Å². The number of carbonyl (C=O) groups excluding carboxylic acids is 2. The molecule has 9 nitrogen and oxygen atoms in total. The smallest absolute Gasteiger partial charge is 0.306 e. The third kappa shape index (κ3) is 6.38. The van der Waals surface area contributed by atoms with E-state index in [4.69, 9.17) is 14.2 Å². The molecule has 0 spiro atoms. The highest BCUT2D eigenvalue weighted by atomic mass is 16.5. The Kier molecular flexibility index (Phi) is 7.97. The number of benzene rings is 2. The molecular weight excluding hydrogens is 448 g/mol. The van der Waals surface area contributed by atoms with Gasteiger partial charge in [-0.1, -0.05) is 11.3 Å². The van der Waals surface area contributed by atoms with Crippen molar-refractivity contribution in [2.75, 3.05) is 25.1 Å². The third-order valence-electron chi connectivity index (χ3n) is 5.81. The maximum absolute atomic E-state index is 11.8. The van der Waals surface area contributed by atoms with E-state index in [1.165, 1.54) is 18.1 Å². The first kappa shape index (κ1) is 24.3. The van der Waals surface area contributed by atoms with E-state index in [2.05, 4.69) is 27.8 Å². The molecule has 0 unspecified atom stereocenters. The van der Waals surface area contributed by atoms with Gasteiger partial charge in [-0.3, -0.25) is 9.59 Å². The Morgan fingerprint density at radius 2 is 2.00 bits per heavy atom. The number of nitrogens with one attached hydrogen (secondary N) is 1. The Morgan fingerprint density at radius 3 is 2.77 bits per heavy atom. The number of esters is 1. The molecule has 0 aliphatic heterocycles. The van der Waals surface area contributed by atoms with Crippen LogP contribution in [0, 0.1) is 0 Å². The second kappa shape index (κ2) is 11.5. The molecule has 1 aliphatic rings. The molecule has 4 rings (SSSR count). The molecule has 2 aromatic carbocycles. The van der Waals surface area contributed by atoms with E-state index in [9.17, 15) is 9.59 Å². The van der Waals surface area contributed by atoms with Crippen molar-refractivity contribution >= 4 is 17.6 Å². The predicted molar refractivity (Wildman–Crippen MR) is 130 cm³/mol. The van der Waals surface area contributed by atoms with Gasteiger partial charge >= 0.3 is 5.97 Å². The summed E-state index contributed by atoms with van der Waals surface area (Å²) >= 11 is 0. The first-order valence-electron chi connectivity index (χ1n) is 11.9. The number of nitrogens with zero attached hydrogens (tertiary/aromatic N) is 3. The molecule has 1 atom stereocenters. The van der Waals surface area contributed by atoms with E-state index >= 15 is 0 Å². The van der Waals surface area contributed by atoms with Crippen molar-refractivity contribution in [3.8, 4) is 17.2 Å². The highest BCUT2D eigenvalue weighted by Crippen LogP contribution is 2.37. The monoisotopic (exact) mass is 478 g/mol. The highest BCUT2D eigenvalue weighted by molar-refractivity contribution is 5.90. The Hall–Kier alpha value is -3.88. The fourth-order valence-corrected chi connectivity index (χ4v) is 4.26. The average molecular weight is 479 g/mol. The lowest BCUT2D eigenvalue weighted by atomic mass is 9.98. The summed E-state index contributed by atoms with van der Waals surface area (Å²) in [6.07, 6.45) is 6.31. The fraction of sp³-hybridized carbons (Fsp3) is 0.385. The van der Waals surface area contributed by atoms with Gasteiger partial charge in [-0.2, -0.15) is 0 Å². The molecule has 1 aliphatic carbocycles. The summed E-state index contributed by atoms with van der Waals surface area (Å²) in [5, 5.41) is 10.6. The maximum Gasteiger partial charge on any atom is 0.306 e. The minimum atomic E-state index is -0.185. The molecule has 9 heteroatoms. The van der Waals surface area contributed by atoms with Gasteiger partial charge in [-0.15, -0.1) is 5.10 Å². The molecule has 35 heavy (non-hydrogen) atoms. The fourth-order valence-electron chi connectivity index (χ4n) is 4.26. The number of anilines is 1. The quantitative estimate of drug-likeness (QED) is 0.327. The van der Waals surface area contributed by atoms with E-state index in [1.54, 1.807) is 29.2 Å². The van der Waals surface area contributed by atoms with E-state index in [1.807, 2.05) is 19.1 Å². The van der Waals surface area contributed by atoms with E-state index in [-0.39, 0.29) is 17.8 Å². The van der Waals surface area contributed by atoms with Gasteiger partial charge < -0.3 is 19.5 Å². The summed E-state index contributed by atoms with van der Waals surface area (Å²) in [5.41, 5.74) is 3.79. The zero-order valence-corrected chi connectivity index (χ0v) is 20.0. The summed E-state index contributed by atoms with van der Waals surface area (Å²) in [5.74, 6) is 1.29. The topological polar surface area (TPSA) is 105 Å². The van der Waals surface area contributed by atoms with Crippen LogP contribution in [0.5, 0.6) is 11.5 Å². The van der Waals surface area contributed by atoms with Crippen LogP contribution in [0.1, 0.15) is 50.2 Å². The van der Waals surface area contributed by atoms with Crippen LogP contribution in [0.2, 0.25) is 0 Å². The normalized spacial score (nSPS) is 14.3. The molecule has 0 saturated heterocycles. The van der Waals surface area contributed by atoms with Crippen molar-refractivity contribution in [1.82, 2.24) is 15.0 Å². The minimum Gasteiger partial charge on any atom is -0.493 e. The van der Waals surface area contributed by atoms with Crippen LogP contribution >= 0.6 is 0 Å². The second-order valence-electron chi connectivity index (χ2n) is 8.37. The van der Waals surface area contributed by atoms with Crippen LogP contribution in [0.3, 0.4) is 0 Å². The van der Waals surface area contributed by atoms with Crippen LogP contribution in [0.25, 0.3) is 5.69 Å². The number of carbonyl (C=O) groups is 2. The number of amides is 1. The first-order valence-corrected chi connectivity index (χ1v) is 11.9. The molecule has 0 bridgehead atoms. The molecule has 0 radical (unpaired) electrons. The van der Waals surface area contributed by atoms with Crippen LogP contribution < -0.4 is 14.8 Å². The molecule has 0 saturated carbocycles. The SMILES string of the molecule is CCOC(=O)C[C@@H]1CCc2cc(OCCCOc3ccc(-n4ccnn4)cc3NC(C)=O)ccc21.